The van der Waals surface area contributed by atoms with Crippen LogP contribution in [0, 0.1) is 0 Å². The van der Waals surface area contributed by atoms with Crippen LogP contribution in [0.4, 0.5) is 0 Å². The zero-order chi connectivity index (χ0) is 8.39. The van der Waals surface area contributed by atoms with Gasteiger partial charge in [-0.2, -0.15) is 0 Å². The van der Waals surface area contributed by atoms with Crippen LogP contribution in [0.1, 0.15) is 25.3 Å². The normalized spacial score (nSPS) is 11.1. The first kappa shape index (κ1) is 7.47. The average molecular weight is 164 g/mol. The predicted octanol–water partition coefficient (Wildman–Crippen LogP) is 3.37. The van der Waals surface area contributed by atoms with Crippen LogP contribution in [0.5, 0.6) is 0 Å². The Morgan fingerprint density at radius 3 is 2.83 bits per heavy atom. The van der Waals surface area contributed by atoms with Gasteiger partial charge in [-0.05, 0) is 18.9 Å². The number of aryl methyl sites for hydroxylation is 1. The van der Waals surface area contributed by atoms with Crippen LogP contribution in [-0.4, -0.2) is 0 Å². The predicted molar refractivity (Wildman–Crippen MR) is 47.1 cm³/mol. The van der Waals surface area contributed by atoms with E-state index in [9.17, 15) is 0 Å². The summed E-state index contributed by atoms with van der Waals surface area (Å²) in [6.07, 6.45) is 3.51. The minimum Gasteiger partial charge on any atom is -0.286 e. The lowest BCUT2D eigenvalue weighted by Crippen LogP contribution is -1.88. The molecular formula is C10H12O2. The van der Waals surface area contributed by atoms with Crippen molar-refractivity contribution in [3.63, 3.8) is 0 Å². The minimum absolute atomic E-state index is 0.878. The molecule has 0 N–H and O–H groups in total. The molecule has 0 fully saturated rings. The number of hydrogen-bond donors (Lipinski definition) is 0. The Hall–Kier alpha value is -1.18. The molecule has 2 nitrogen and oxygen atoms in total. The second kappa shape index (κ2) is 3.05. The standard InChI is InChI=1S/C10H12O2/c1-2-3-5-8-6-4-7-9-10(8)12-11-9/h4,6-7H,2-3,5H2,1H3. The van der Waals surface area contributed by atoms with E-state index in [0.29, 0.717) is 0 Å². The molecule has 0 saturated heterocycles. The fourth-order valence-corrected chi connectivity index (χ4v) is 1.34. The topological polar surface area (TPSA) is 26.3 Å². The van der Waals surface area contributed by atoms with E-state index in [2.05, 4.69) is 13.0 Å². The third-order valence-corrected chi connectivity index (χ3v) is 2.07. The minimum atomic E-state index is 0.878. The first-order valence-corrected chi connectivity index (χ1v) is 4.38. The van der Waals surface area contributed by atoms with Crippen molar-refractivity contribution in [1.82, 2.24) is 0 Å². The van der Waals surface area contributed by atoms with Crippen molar-refractivity contribution in [1.29, 1.82) is 0 Å². The largest absolute Gasteiger partial charge is 0.286 e. The van der Waals surface area contributed by atoms with Crippen molar-refractivity contribution in [2.75, 3.05) is 0 Å². The molecule has 0 aliphatic carbocycles. The van der Waals surface area contributed by atoms with E-state index in [1.807, 2.05) is 12.1 Å². The van der Waals surface area contributed by atoms with Gasteiger partial charge in [-0.15, -0.1) is 0 Å². The van der Waals surface area contributed by atoms with Gasteiger partial charge in [0.05, 0.1) is 0 Å². The Kier molecular flexibility index (Phi) is 1.90. The molecule has 12 heavy (non-hydrogen) atoms. The van der Waals surface area contributed by atoms with Crippen molar-refractivity contribution >= 4 is 11.2 Å². The lowest BCUT2D eigenvalue weighted by atomic mass is 10.1. The van der Waals surface area contributed by atoms with Crippen LogP contribution in [0.3, 0.4) is 0 Å². The molecule has 0 radical (unpaired) electrons. The van der Waals surface area contributed by atoms with E-state index in [-0.39, 0.29) is 0 Å². The first-order chi connectivity index (χ1) is 5.92. The van der Waals surface area contributed by atoms with Crippen molar-refractivity contribution in [2.24, 2.45) is 0 Å². The Balaban J connectivity index is 2.25. The van der Waals surface area contributed by atoms with Gasteiger partial charge in [0, 0.05) is 5.56 Å². The maximum absolute atomic E-state index is 4.90. The van der Waals surface area contributed by atoms with Crippen LogP contribution < -0.4 is 0 Å². The summed E-state index contributed by atoms with van der Waals surface area (Å²) in [7, 11) is 0. The quantitative estimate of drug-likeness (QED) is 0.650. The first-order valence-electron chi connectivity index (χ1n) is 4.38. The fourth-order valence-electron chi connectivity index (χ4n) is 1.34. The molecule has 0 atom stereocenters. The van der Waals surface area contributed by atoms with Gasteiger partial charge in [-0.25, -0.2) is 0 Å². The van der Waals surface area contributed by atoms with Gasteiger partial charge in [-0.1, -0.05) is 25.5 Å². The fraction of sp³-hybridized carbons (Fsp3) is 0.400. The molecule has 2 aromatic rings. The van der Waals surface area contributed by atoms with E-state index in [1.165, 1.54) is 18.4 Å². The summed E-state index contributed by atoms with van der Waals surface area (Å²) in [5.41, 5.74) is 3.08. The zero-order valence-corrected chi connectivity index (χ0v) is 7.17. The summed E-state index contributed by atoms with van der Waals surface area (Å²) in [6.45, 7) is 2.19. The number of rotatable bonds is 3. The lowest BCUT2D eigenvalue weighted by Gasteiger charge is -2.03. The number of benzene rings is 1. The Morgan fingerprint density at radius 1 is 1.25 bits per heavy atom. The summed E-state index contributed by atoms with van der Waals surface area (Å²) in [5.74, 6) is 0. The maximum atomic E-state index is 4.90. The van der Waals surface area contributed by atoms with Crippen molar-refractivity contribution < 1.29 is 9.15 Å². The smallest absolute Gasteiger partial charge is 0.228 e. The van der Waals surface area contributed by atoms with Crippen molar-refractivity contribution in [2.45, 2.75) is 26.2 Å². The van der Waals surface area contributed by atoms with Gasteiger partial charge in [0.1, 0.15) is 0 Å². The highest BCUT2D eigenvalue weighted by atomic mass is 17.0. The van der Waals surface area contributed by atoms with Gasteiger partial charge < -0.3 is 0 Å². The van der Waals surface area contributed by atoms with Crippen LogP contribution in [-0.2, 0) is 6.42 Å². The van der Waals surface area contributed by atoms with Gasteiger partial charge in [0.25, 0.3) is 0 Å². The third kappa shape index (κ3) is 1.13. The van der Waals surface area contributed by atoms with Gasteiger partial charge in [0.2, 0.25) is 11.2 Å². The number of unbranched alkanes of at least 4 members (excludes halogenated alkanes) is 1. The Labute approximate surface area is 71.1 Å². The monoisotopic (exact) mass is 164 g/mol. The van der Waals surface area contributed by atoms with Crippen LogP contribution >= 0.6 is 0 Å². The molecule has 0 aliphatic rings. The molecule has 1 heterocycles. The van der Waals surface area contributed by atoms with E-state index in [4.69, 9.17) is 9.15 Å². The summed E-state index contributed by atoms with van der Waals surface area (Å²) in [4.78, 5) is 0. The lowest BCUT2D eigenvalue weighted by molar-refractivity contribution is 0.0580. The maximum Gasteiger partial charge on any atom is 0.228 e. The molecule has 0 unspecified atom stereocenters. The average Bonchev–Trinajstić information content (AvgIpc) is 2.04. The summed E-state index contributed by atoms with van der Waals surface area (Å²) < 4.78 is 9.70. The second-order valence-corrected chi connectivity index (χ2v) is 3.01. The molecule has 0 spiro atoms. The van der Waals surface area contributed by atoms with Gasteiger partial charge in [0.15, 0.2) is 0 Å². The molecule has 2 heteroatoms. The molecule has 1 aromatic carbocycles. The van der Waals surface area contributed by atoms with E-state index < -0.39 is 0 Å². The molecule has 64 valence electrons. The van der Waals surface area contributed by atoms with E-state index >= 15 is 0 Å². The zero-order valence-electron chi connectivity index (χ0n) is 7.17. The summed E-state index contributed by atoms with van der Waals surface area (Å²) >= 11 is 0. The highest BCUT2D eigenvalue weighted by Crippen LogP contribution is 2.23. The highest BCUT2D eigenvalue weighted by Gasteiger charge is 2.08. The van der Waals surface area contributed by atoms with Crippen LogP contribution in [0.25, 0.3) is 11.2 Å². The molecule has 0 saturated carbocycles. The molecule has 0 bridgehead atoms. The number of hydrogen-bond acceptors (Lipinski definition) is 2. The van der Waals surface area contributed by atoms with Crippen LogP contribution in [0.15, 0.2) is 27.4 Å². The van der Waals surface area contributed by atoms with Crippen molar-refractivity contribution in [3.05, 3.63) is 23.8 Å². The molecule has 1 aromatic heterocycles. The number of fused-ring (bicyclic) bond motifs is 1. The summed E-state index contributed by atoms with van der Waals surface area (Å²) in [5, 5.41) is 0. The van der Waals surface area contributed by atoms with E-state index in [1.54, 1.807) is 0 Å². The molecule has 0 amide bonds. The molecule has 0 aliphatic heterocycles. The molecular weight excluding hydrogens is 152 g/mol. The highest BCUT2D eigenvalue weighted by molar-refractivity contribution is 5.74. The SMILES string of the molecule is CCCCc1cccc2ooc12. The second-order valence-electron chi connectivity index (χ2n) is 3.01. The Morgan fingerprint density at radius 2 is 2.17 bits per heavy atom. The van der Waals surface area contributed by atoms with Gasteiger partial charge >= 0.3 is 0 Å². The van der Waals surface area contributed by atoms with Crippen molar-refractivity contribution in [3.8, 4) is 0 Å². The number of para-hydroxylation sites is 1. The summed E-state index contributed by atoms with van der Waals surface area (Å²) in [6, 6.07) is 6.03. The molecule has 2 rings (SSSR count). The van der Waals surface area contributed by atoms with Gasteiger partial charge in [-0.3, -0.25) is 9.15 Å². The van der Waals surface area contributed by atoms with E-state index in [0.717, 1.165) is 17.6 Å². The third-order valence-electron chi connectivity index (χ3n) is 2.07. The van der Waals surface area contributed by atoms with Crippen LogP contribution in [0.2, 0.25) is 0 Å². The Bertz CT molecular complexity index is 356.